The van der Waals surface area contributed by atoms with Crippen LogP contribution in [0.3, 0.4) is 0 Å². The van der Waals surface area contributed by atoms with Gasteiger partial charge >= 0.3 is 5.97 Å². The molecular formula is C16H13ClFNO3. The van der Waals surface area contributed by atoms with E-state index in [4.69, 9.17) is 11.6 Å². The van der Waals surface area contributed by atoms with Gasteiger partial charge in [-0.3, -0.25) is 4.79 Å². The molecule has 0 aliphatic carbocycles. The van der Waals surface area contributed by atoms with Crippen LogP contribution in [-0.2, 0) is 11.2 Å². The van der Waals surface area contributed by atoms with Crippen molar-refractivity contribution in [1.29, 1.82) is 0 Å². The fraction of sp³-hybridized carbons (Fsp3) is 0.125. The van der Waals surface area contributed by atoms with Gasteiger partial charge in [0, 0.05) is 17.0 Å². The molecule has 1 amide bonds. The summed E-state index contributed by atoms with van der Waals surface area (Å²) in [6.07, 6.45) is 0.105. The smallest absolute Gasteiger partial charge is 0.326 e. The topological polar surface area (TPSA) is 66.4 Å². The van der Waals surface area contributed by atoms with Crippen molar-refractivity contribution in [1.82, 2.24) is 5.32 Å². The van der Waals surface area contributed by atoms with E-state index < -0.39 is 23.7 Å². The molecule has 0 spiro atoms. The fourth-order valence-electron chi connectivity index (χ4n) is 1.93. The quantitative estimate of drug-likeness (QED) is 0.890. The summed E-state index contributed by atoms with van der Waals surface area (Å²) in [6, 6.07) is 10.6. The van der Waals surface area contributed by atoms with E-state index in [9.17, 15) is 19.1 Å². The Morgan fingerprint density at radius 3 is 2.45 bits per heavy atom. The molecule has 2 aromatic carbocycles. The molecule has 1 atom stereocenters. The van der Waals surface area contributed by atoms with E-state index in [-0.39, 0.29) is 12.0 Å². The van der Waals surface area contributed by atoms with E-state index in [2.05, 4.69) is 5.32 Å². The molecule has 2 N–H and O–H groups in total. The lowest BCUT2D eigenvalue weighted by atomic mass is 10.1. The van der Waals surface area contributed by atoms with E-state index >= 15 is 0 Å². The normalized spacial score (nSPS) is 11.7. The van der Waals surface area contributed by atoms with Crippen LogP contribution in [0.15, 0.2) is 48.5 Å². The Bertz CT molecular complexity index is 688. The molecule has 0 aliphatic rings. The standard InChI is InChI=1S/C16H13ClFNO3/c17-12-6-4-10(5-7-12)8-14(16(21)22)19-15(20)11-2-1-3-13(18)9-11/h1-7,9,14H,8H2,(H,19,20)(H,21,22)/t14-/m0/s1. The molecule has 0 saturated carbocycles. The first-order valence-corrected chi connectivity index (χ1v) is 6.87. The van der Waals surface area contributed by atoms with E-state index in [0.717, 1.165) is 11.6 Å². The van der Waals surface area contributed by atoms with Gasteiger partial charge in [-0.25, -0.2) is 9.18 Å². The minimum Gasteiger partial charge on any atom is -0.480 e. The summed E-state index contributed by atoms with van der Waals surface area (Å²) in [5.41, 5.74) is 0.790. The summed E-state index contributed by atoms with van der Waals surface area (Å²) < 4.78 is 13.1. The highest BCUT2D eigenvalue weighted by Gasteiger charge is 2.21. The highest BCUT2D eigenvalue weighted by Crippen LogP contribution is 2.12. The van der Waals surface area contributed by atoms with Crippen LogP contribution in [0.25, 0.3) is 0 Å². The lowest BCUT2D eigenvalue weighted by Crippen LogP contribution is -2.42. The number of carboxylic acid groups (broad SMARTS) is 1. The number of rotatable bonds is 5. The first-order chi connectivity index (χ1) is 10.5. The third-order valence-electron chi connectivity index (χ3n) is 3.04. The number of carbonyl (C=O) groups is 2. The first-order valence-electron chi connectivity index (χ1n) is 6.49. The maximum atomic E-state index is 13.1. The number of carbonyl (C=O) groups excluding carboxylic acids is 1. The lowest BCUT2D eigenvalue weighted by molar-refractivity contribution is -0.139. The maximum absolute atomic E-state index is 13.1. The van der Waals surface area contributed by atoms with Crippen molar-refractivity contribution >= 4 is 23.5 Å². The van der Waals surface area contributed by atoms with Crippen LogP contribution in [-0.4, -0.2) is 23.0 Å². The van der Waals surface area contributed by atoms with Gasteiger partial charge in [-0.2, -0.15) is 0 Å². The van der Waals surface area contributed by atoms with Gasteiger partial charge in [0.05, 0.1) is 0 Å². The molecule has 0 heterocycles. The molecule has 4 nitrogen and oxygen atoms in total. The number of nitrogens with one attached hydrogen (secondary N) is 1. The average molecular weight is 322 g/mol. The second-order valence-corrected chi connectivity index (χ2v) is 5.14. The van der Waals surface area contributed by atoms with Crippen molar-refractivity contribution in [2.24, 2.45) is 0 Å². The van der Waals surface area contributed by atoms with Crippen molar-refractivity contribution in [2.45, 2.75) is 12.5 Å². The Kier molecular flexibility index (Phi) is 5.12. The Balaban J connectivity index is 2.10. The highest BCUT2D eigenvalue weighted by atomic mass is 35.5. The van der Waals surface area contributed by atoms with Crippen molar-refractivity contribution in [2.75, 3.05) is 0 Å². The molecule has 22 heavy (non-hydrogen) atoms. The summed E-state index contributed by atoms with van der Waals surface area (Å²) in [7, 11) is 0. The second kappa shape index (κ2) is 7.04. The van der Waals surface area contributed by atoms with Gasteiger partial charge < -0.3 is 10.4 Å². The van der Waals surface area contributed by atoms with Crippen LogP contribution in [0.5, 0.6) is 0 Å². The van der Waals surface area contributed by atoms with Crippen LogP contribution < -0.4 is 5.32 Å². The number of amides is 1. The SMILES string of the molecule is O=C(N[C@@H](Cc1ccc(Cl)cc1)C(=O)O)c1cccc(F)c1. The van der Waals surface area contributed by atoms with Crippen LogP contribution in [0.2, 0.25) is 5.02 Å². The number of aliphatic carboxylic acids is 1. The number of hydrogen-bond acceptors (Lipinski definition) is 2. The maximum Gasteiger partial charge on any atom is 0.326 e. The molecule has 0 aliphatic heterocycles. The molecule has 2 aromatic rings. The third-order valence-corrected chi connectivity index (χ3v) is 3.30. The van der Waals surface area contributed by atoms with Crippen LogP contribution in [0, 0.1) is 5.82 Å². The molecule has 0 bridgehead atoms. The summed E-state index contributed by atoms with van der Waals surface area (Å²) in [4.78, 5) is 23.3. The zero-order chi connectivity index (χ0) is 16.1. The number of halogens is 2. The number of hydrogen-bond donors (Lipinski definition) is 2. The Morgan fingerprint density at radius 2 is 1.86 bits per heavy atom. The van der Waals surface area contributed by atoms with Gasteiger partial charge in [0.2, 0.25) is 0 Å². The minimum atomic E-state index is -1.17. The van der Waals surface area contributed by atoms with Crippen LogP contribution in [0.1, 0.15) is 15.9 Å². The molecule has 0 fully saturated rings. The average Bonchev–Trinajstić information content (AvgIpc) is 2.48. The zero-order valence-corrected chi connectivity index (χ0v) is 12.2. The summed E-state index contributed by atoms with van der Waals surface area (Å²) in [6.45, 7) is 0. The van der Waals surface area contributed by atoms with E-state index in [0.29, 0.717) is 5.02 Å². The number of benzene rings is 2. The van der Waals surface area contributed by atoms with Crippen LogP contribution >= 0.6 is 11.6 Å². The third kappa shape index (κ3) is 4.30. The molecule has 0 unspecified atom stereocenters. The van der Waals surface area contributed by atoms with Crippen molar-refractivity contribution in [3.63, 3.8) is 0 Å². The second-order valence-electron chi connectivity index (χ2n) is 4.71. The predicted octanol–water partition coefficient (Wildman–Crippen LogP) is 2.90. The van der Waals surface area contributed by atoms with E-state index in [1.807, 2.05) is 0 Å². The molecule has 6 heteroatoms. The zero-order valence-electron chi connectivity index (χ0n) is 11.4. The Morgan fingerprint density at radius 1 is 1.18 bits per heavy atom. The van der Waals surface area contributed by atoms with Gasteiger partial charge in [0.1, 0.15) is 11.9 Å². The fourth-order valence-corrected chi connectivity index (χ4v) is 2.05. The molecule has 0 radical (unpaired) electrons. The monoisotopic (exact) mass is 321 g/mol. The lowest BCUT2D eigenvalue weighted by Gasteiger charge is -2.15. The van der Waals surface area contributed by atoms with Gasteiger partial charge in [-0.1, -0.05) is 29.8 Å². The van der Waals surface area contributed by atoms with Crippen molar-refractivity contribution < 1.29 is 19.1 Å². The van der Waals surface area contributed by atoms with Gasteiger partial charge in [0.25, 0.3) is 5.91 Å². The first kappa shape index (κ1) is 16.0. The van der Waals surface area contributed by atoms with E-state index in [1.165, 1.54) is 18.2 Å². The van der Waals surface area contributed by atoms with Gasteiger partial charge in [0.15, 0.2) is 0 Å². The minimum absolute atomic E-state index is 0.0716. The van der Waals surface area contributed by atoms with Gasteiger partial charge in [-0.05, 0) is 35.9 Å². The Hall–Kier alpha value is -2.40. The molecule has 0 aromatic heterocycles. The van der Waals surface area contributed by atoms with Gasteiger partial charge in [-0.15, -0.1) is 0 Å². The largest absolute Gasteiger partial charge is 0.480 e. The number of carboxylic acids is 1. The summed E-state index contributed by atoms with van der Waals surface area (Å²) >= 11 is 5.77. The molecular weight excluding hydrogens is 309 g/mol. The molecule has 0 saturated heterocycles. The van der Waals surface area contributed by atoms with Crippen LogP contribution in [0.4, 0.5) is 4.39 Å². The molecule has 2 rings (SSSR count). The highest BCUT2D eigenvalue weighted by molar-refractivity contribution is 6.30. The van der Waals surface area contributed by atoms with E-state index in [1.54, 1.807) is 24.3 Å². The Labute approximate surface area is 131 Å². The molecule has 114 valence electrons. The van der Waals surface area contributed by atoms with Crippen molar-refractivity contribution in [3.05, 3.63) is 70.5 Å². The predicted molar refractivity (Wildman–Crippen MR) is 80.4 cm³/mol. The summed E-state index contributed by atoms with van der Waals surface area (Å²) in [5.74, 6) is -2.36. The summed E-state index contributed by atoms with van der Waals surface area (Å²) in [5, 5.41) is 12.2. The van der Waals surface area contributed by atoms with Crippen molar-refractivity contribution in [3.8, 4) is 0 Å².